The van der Waals surface area contributed by atoms with Gasteiger partial charge in [-0.05, 0) is 0 Å². The third-order valence-corrected chi connectivity index (χ3v) is 0.787. The van der Waals surface area contributed by atoms with Gasteiger partial charge >= 0.3 is 11.9 Å². The van der Waals surface area contributed by atoms with Gasteiger partial charge in [-0.1, -0.05) is 0 Å². The fourth-order valence-electron chi connectivity index (χ4n) is 0.380. The molecule has 0 heterocycles. The van der Waals surface area contributed by atoms with Gasteiger partial charge in [0, 0.05) is 0 Å². The van der Waals surface area contributed by atoms with E-state index >= 15 is 0 Å². The number of esters is 2. The van der Waals surface area contributed by atoms with Gasteiger partial charge in [0.25, 0.3) is 0 Å². The first-order valence-corrected chi connectivity index (χ1v) is 3.18. The standard InChI is InChI=1S/C6H8F2O4/c7-1-3-11-5(9)6(10)12-4-2-8/h1-4H2. The molecule has 0 atom stereocenters. The normalized spacial score (nSPS) is 9.17. The second kappa shape index (κ2) is 6.51. The van der Waals surface area contributed by atoms with Crippen molar-refractivity contribution in [2.75, 3.05) is 26.6 Å². The molecule has 0 bridgehead atoms. The molecule has 0 aromatic heterocycles. The Morgan fingerprint density at radius 2 is 1.25 bits per heavy atom. The van der Waals surface area contributed by atoms with Gasteiger partial charge in [0.1, 0.15) is 26.6 Å². The molecule has 0 aliphatic heterocycles. The number of carbonyl (C=O) groups excluding carboxylic acids is 2. The van der Waals surface area contributed by atoms with Crippen LogP contribution in [-0.4, -0.2) is 38.5 Å². The van der Waals surface area contributed by atoms with Gasteiger partial charge in [-0.15, -0.1) is 0 Å². The van der Waals surface area contributed by atoms with Gasteiger partial charge in [-0.25, -0.2) is 18.4 Å². The Hall–Kier alpha value is -1.20. The summed E-state index contributed by atoms with van der Waals surface area (Å²) in [6.45, 7) is -2.74. The van der Waals surface area contributed by atoms with Gasteiger partial charge in [0.05, 0.1) is 0 Å². The minimum atomic E-state index is -1.30. The number of hydrogen-bond acceptors (Lipinski definition) is 4. The summed E-state index contributed by atoms with van der Waals surface area (Å²) in [6, 6.07) is 0. The topological polar surface area (TPSA) is 52.6 Å². The van der Waals surface area contributed by atoms with Crippen molar-refractivity contribution in [2.24, 2.45) is 0 Å². The van der Waals surface area contributed by atoms with Crippen molar-refractivity contribution < 1.29 is 27.8 Å². The Morgan fingerprint density at radius 3 is 1.50 bits per heavy atom. The molecule has 0 aliphatic rings. The number of halogens is 2. The molecule has 4 nitrogen and oxygen atoms in total. The van der Waals surface area contributed by atoms with E-state index in [1.54, 1.807) is 0 Å². The van der Waals surface area contributed by atoms with Crippen LogP contribution in [-0.2, 0) is 19.1 Å². The molecule has 0 spiro atoms. The highest BCUT2D eigenvalue weighted by molar-refractivity contribution is 6.29. The molecular weight excluding hydrogens is 174 g/mol. The third-order valence-electron chi connectivity index (χ3n) is 0.787. The van der Waals surface area contributed by atoms with Crippen LogP contribution < -0.4 is 0 Å². The van der Waals surface area contributed by atoms with Crippen LogP contribution in [0, 0.1) is 0 Å². The van der Waals surface area contributed by atoms with E-state index < -0.39 is 38.5 Å². The van der Waals surface area contributed by atoms with E-state index in [4.69, 9.17) is 0 Å². The monoisotopic (exact) mass is 182 g/mol. The molecule has 0 rings (SSSR count). The maximum Gasteiger partial charge on any atom is 0.417 e. The molecule has 0 N–H and O–H groups in total. The average molecular weight is 182 g/mol. The van der Waals surface area contributed by atoms with Crippen molar-refractivity contribution in [2.45, 2.75) is 0 Å². The van der Waals surface area contributed by atoms with Crippen LogP contribution in [0.5, 0.6) is 0 Å². The molecular formula is C6H8F2O4. The summed E-state index contributed by atoms with van der Waals surface area (Å²) >= 11 is 0. The number of carbonyl (C=O) groups is 2. The van der Waals surface area contributed by atoms with Gasteiger partial charge < -0.3 is 9.47 Å². The number of hydrogen-bond donors (Lipinski definition) is 0. The maximum absolute atomic E-state index is 11.4. The van der Waals surface area contributed by atoms with Crippen LogP contribution in [0.15, 0.2) is 0 Å². The largest absolute Gasteiger partial charge is 0.454 e. The second-order valence-corrected chi connectivity index (χ2v) is 1.65. The highest BCUT2D eigenvalue weighted by Crippen LogP contribution is 1.85. The first-order chi connectivity index (χ1) is 5.72. The molecule has 6 heteroatoms. The smallest absolute Gasteiger partial charge is 0.417 e. The van der Waals surface area contributed by atoms with Gasteiger partial charge in [-0.3, -0.25) is 0 Å². The van der Waals surface area contributed by atoms with Crippen LogP contribution in [0.25, 0.3) is 0 Å². The number of rotatable bonds is 4. The van der Waals surface area contributed by atoms with Crippen molar-refractivity contribution in [1.29, 1.82) is 0 Å². The fourth-order valence-corrected chi connectivity index (χ4v) is 0.380. The average Bonchev–Trinajstić information content (AvgIpc) is 2.10. The SMILES string of the molecule is O=C(OCCF)C(=O)OCCF. The molecule has 0 amide bonds. The van der Waals surface area contributed by atoms with Gasteiger partial charge in [-0.2, -0.15) is 0 Å². The van der Waals surface area contributed by atoms with E-state index in [1.165, 1.54) is 0 Å². The molecule has 0 aliphatic carbocycles. The van der Waals surface area contributed by atoms with Crippen molar-refractivity contribution in [3.8, 4) is 0 Å². The predicted molar refractivity (Wildman–Crippen MR) is 33.9 cm³/mol. The zero-order chi connectivity index (χ0) is 9.40. The Morgan fingerprint density at radius 1 is 0.917 bits per heavy atom. The lowest BCUT2D eigenvalue weighted by molar-refractivity contribution is -0.168. The van der Waals surface area contributed by atoms with Crippen molar-refractivity contribution in [1.82, 2.24) is 0 Å². The summed E-state index contributed by atoms with van der Waals surface area (Å²) in [5.41, 5.74) is 0. The minimum absolute atomic E-state index is 0.496. The van der Waals surface area contributed by atoms with Crippen LogP contribution in [0.4, 0.5) is 8.78 Å². The highest BCUT2D eigenvalue weighted by atomic mass is 19.1. The van der Waals surface area contributed by atoms with Crippen molar-refractivity contribution in [3.05, 3.63) is 0 Å². The summed E-state index contributed by atoms with van der Waals surface area (Å²) in [7, 11) is 0. The molecule has 0 radical (unpaired) electrons. The van der Waals surface area contributed by atoms with Crippen LogP contribution >= 0.6 is 0 Å². The van der Waals surface area contributed by atoms with Crippen LogP contribution in [0.1, 0.15) is 0 Å². The van der Waals surface area contributed by atoms with E-state index in [1.807, 2.05) is 0 Å². The van der Waals surface area contributed by atoms with E-state index in [-0.39, 0.29) is 0 Å². The number of alkyl halides is 2. The first-order valence-electron chi connectivity index (χ1n) is 3.18. The molecule has 12 heavy (non-hydrogen) atoms. The molecule has 0 fully saturated rings. The summed E-state index contributed by atoms with van der Waals surface area (Å²) < 4.78 is 30.8. The van der Waals surface area contributed by atoms with E-state index in [0.717, 1.165) is 0 Å². The molecule has 0 saturated carbocycles. The predicted octanol–water partition coefficient (Wildman–Crippen LogP) is 0.0118. The fraction of sp³-hybridized carbons (Fsp3) is 0.667. The number of ether oxygens (including phenoxy) is 2. The molecule has 0 aromatic carbocycles. The Balaban J connectivity index is 3.55. The summed E-state index contributed by atoms with van der Waals surface area (Å²) in [5, 5.41) is 0. The quantitative estimate of drug-likeness (QED) is 0.454. The molecule has 0 aromatic rings. The summed E-state index contributed by atoms with van der Waals surface area (Å²) in [6.07, 6.45) is 0. The van der Waals surface area contributed by atoms with Gasteiger partial charge in [0.2, 0.25) is 0 Å². The third kappa shape index (κ3) is 4.59. The van der Waals surface area contributed by atoms with Crippen LogP contribution in [0.2, 0.25) is 0 Å². The lowest BCUT2D eigenvalue weighted by Gasteiger charge is -2.00. The second-order valence-electron chi connectivity index (χ2n) is 1.65. The Bertz CT molecular complexity index is 142. The highest BCUT2D eigenvalue weighted by Gasteiger charge is 2.16. The Kier molecular flexibility index (Phi) is 5.86. The zero-order valence-electron chi connectivity index (χ0n) is 6.22. The maximum atomic E-state index is 11.4. The van der Waals surface area contributed by atoms with Crippen LogP contribution in [0.3, 0.4) is 0 Å². The summed E-state index contributed by atoms with van der Waals surface area (Å²) in [4.78, 5) is 20.8. The zero-order valence-corrected chi connectivity index (χ0v) is 6.22. The minimum Gasteiger partial charge on any atom is -0.454 e. The lowest BCUT2D eigenvalue weighted by Crippen LogP contribution is -2.22. The molecule has 0 unspecified atom stereocenters. The molecule has 0 saturated heterocycles. The van der Waals surface area contributed by atoms with E-state index in [0.29, 0.717) is 0 Å². The van der Waals surface area contributed by atoms with E-state index in [9.17, 15) is 18.4 Å². The Labute approximate surface area is 67.4 Å². The molecule has 70 valence electrons. The van der Waals surface area contributed by atoms with E-state index in [2.05, 4.69) is 9.47 Å². The summed E-state index contributed by atoms with van der Waals surface area (Å²) in [5.74, 6) is -2.61. The lowest BCUT2D eigenvalue weighted by atomic mass is 10.6. The van der Waals surface area contributed by atoms with Crippen molar-refractivity contribution >= 4 is 11.9 Å². The van der Waals surface area contributed by atoms with Gasteiger partial charge in [0.15, 0.2) is 0 Å². The van der Waals surface area contributed by atoms with Crippen molar-refractivity contribution in [3.63, 3.8) is 0 Å². The first kappa shape index (κ1) is 10.8.